The molecular weight excluding hydrogens is 268 g/mol. The minimum absolute atomic E-state index is 0.940. The van der Waals surface area contributed by atoms with Crippen LogP contribution in [-0.4, -0.2) is 55.1 Å². The second-order valence-electron chi connectivity index (χ2n) is 5.20. The first-order valence-electron chi connectivity index (χ1n) is 7.36. The number of thioether (sulfide) groups is 1. The van der Waals surface area contributed by atoms with E-state index in [0.29, 0.717) is 0 Å². The molecule has 2 heterocycles. The Morgan fingerprint density at radius 2 is 2.00 bits per heavy atom. The van der Waals surface area contributed by atoms with E-state index in [1.165, 1.54) is 18.7 Å². The number of amidine groups is 1. The fraction of sp³-hybridized carbons (Fsp3) is 0.533. The molecule has 0 spiro atoms. The normalized spacial score (nSPS) is 19.9. The molecule has 0 atom stereocenters. The molecule has 0 unspecified atom stereocenters. The lowest BCUT2D eigenvalue weighted by Gasteiger charge is -2.27. The van der Waals surface area contributed by atoms with Gasteiger partial charge in [-0.3, -0.25) is 4.99 Å². The van der Waals surface area contributed by atoms with E-state index in [0.717, 1.165) is 49.2 Å². The molecule has 0 radical (unpaired) electrons. The lowest BCUT2D eigenvalue weighted by Crippen LogP contribution is -2.44. The van der Waals surface area contributed by atoms with Crippen LogP contribution < -0.4 is 10.6 Å². The minimum Gasteiger partial charge on any atom is -0.335 e. The number of piperazine rings is 1. The molecule has 0 amide bonds. The first kappa shape index (κ1) is 13.9. The average molecular weight is 290 g/mol. The van der Waals surface area contributed by atoms with Crippen LogP contribution in [0.4, 0.5) is 5.69 Å². The maximum absolute atomic E-state index is 4.41. The van der Waals surface area contributed by atoms with Crippen LogP contribution in [0.2, 0.25) is 0 Å². The summed E-state index contributed by atoms with van der Waals surface area (Å²) in [7, 11) is 0. The molecule has 0 saturated carbocycles. The van der Waals surface area contributed by atoms with Gasteiger partial charge in [0.2, 0.25) is 0 Å². The second kappa shape index (κ2) is 7.11. The van der Waals surface area contributed by atoms with Crippen LogP contribution in [0.15, 0.2) is 29.3 Å². The molecule has 1 aromatic rings. The lowest BCUT2D eigenvalue weighted by atomic mass is 10.1. The number of rotatable bonds is 4. The summed E-state index contributed by atoms with van der Waals surface area (Å²) < 4.78 is 0. The Kier molecular flexibility index (Phi) is 4.95. The van der Waals surface area contributed by atoms with Gasteiger partial charge in [-0.15, -0.1) is 0 Å². The number of nitrogens with one attached hydrogen (secondary N) is 2. The van der Waals surface area contributed by atoms with E-state index in [1.54, 1.807) is 11.8 Å². The highest BCUT2D eigenvalue weighted by Crippen LogP contribution is 2.16. The number of hydrogen-bond acceptors (Lipinski definition) is 5. The van der Waals surface area contributed by atoms with Crippen molar-refractivity contribution in [1.29, 1.82) is 0 Å². The standard InChI is InChI=1S/C15H22N4S/c1-3-14(18-15-17-8-12-20-15)4-2-13(1)5-9-19-10-6-16-7-11-19/h1-4,16H,5-12H2,(H,17,18). The third-order valence-electron chi connectivity index (χ3n) is 3.72. The summed E-state index contributed by atoms with van der Waals surface area (Å²) in [5.74, 6) is 1.10. The molecule has 2 N–H and O–H groups in total. The predicted molar refractivity (Wildman–Crippen MR) is 87.8 cm³/mol. The van der Waals surface area contributed by atoms with Crippen molar-refractivity contribution in [3.05, 3.63) is 29.8 Å². The van der Waals surface area contributed by atoms with E-state index in [2.05, 4.69) is 44.8 Å². The van der Waals surface area contributed by atoms with Crippen molar-refractivity contribution in [3.8, 4) is 0 Å². The molecule has 2 aliphatic heterocycles. The van der Waals surface area contributed by atoms with Gasteiger partial charge >= 0.3 is 0 Å². The summed E-state index contributed by atoms with van der Waals surface area (Å²) in [5.41, 5.74) is 2.55. The minimum atomic E-state index is 0.940. The number of hydrogen-bond donors (Lipinski definition) is 2. The highest BCUT2D eigenvalue weighted by Gasteiger charge is 2.09. The summed E-state index contributed by atoms with van der Waals surface area (Å²) in [6.45, 7) is 6.71. The van der Waals surface area contributed by atoms with Gasteiger partial charge in [-0.1, -0.05) is 23.9 Å². The molecule has 5 heteroatoms. The predicted octanol–water partition coefficient (Wildman–Crippen LogP) is 1.65. The SMILES string of the molecule is c1cc(NC2=NCCS2)ccc1CCN1CCNCC1. The van der Waals surface area contributed by atoms with E-state index in [1.807, 2.05) is 0 Å². The smallest absolute Gasteiger partial charge is 0.161 e. The van der Waals surface area contributed by atoms with Gasteiger partial charge in [0.1, 0.15) is 0 Å². The second-order valence-corrected chi connectivity index (χ2v) is 6.28. The van der Waals surface area contributed by atoms with Gasteiger partial charge in [0.05, 0.1) is 6.54 Å². The molecule has 4 nitrogen and oxygen atoms in total. The zero-order valence-corrected chi connectivity index (χ0v) is 12.6. The summed E-state index contributed by atoms with van der Waals surface area (Å²) in [4.78, 5) is 6.94. The quantitative estimate of drug-likeness (QED) is 0.884. The van der Waals surface area contributed by atoms with Crippen molar-refractivity contribution >= 4 is 22.6 Å². The van der Waals surface area contributed by atoms with Gasteiger partial charge in [0, 0.05) is 44.2 Å². The van der Waals surface area contributed by atoms with Crippen molar-refractivity contribution in [2.45, 2.75) is 6.42 Å². The number of anilines is 1. The van der Waals surface area contributed by atoms with Crippen molar-refractivity contribution in [2.75, 3.05) is 50.3 Å². The van der Waals surface area contributed by atoms with Crippen molar-refractivity contribution < 1.29 is 0 Å². The molecular formula is C15H22N4S. The van der Waals surface area contributed by atoms with Crippen molar-refractivity contribution in [3.63, 3.8) is 0 Å². The fourth-order valence-electron chi connectivity index (χ4n) is 2.51. The molecule has 20 heavy (non-hydrogen) atoms. The van der Waals surface area contributed by atoms with Crippen molar-refractivity contribution in [2.24, 2.45) is 4.99 Å². The van der Waals surface area contributed by atoms with E-state index < -0.39 is 0 Å². The molecule has 1 aromatic carbocycles. The van der Waals surface area contributed by atoms with Gasteiger partial charge in [-0.05, 0) is 24.1 Å². The van der Waals surface area contributed by atoms with E-state index in [-0.39, 0.29) is 0 Å². The Bertz CT molecular complexity index is 451. The Balaban J connectivity index is 1.48. The first-order chi connectivity index (χ1) is 9.90. The third kappa shape index (κ3) is 3.98. The van der Waals surface area contributed by atoms with E-state index >= 15 is 0 Å². The molecule has 1 saturated heterocycles. The molecule has 0 aliphatic carbocycles. The van der Waals surface area contributed by atoms with Crippen LogP contribution in [0.1, 0.15) is 5.56 Å². The Morgan fingerprint density at radius 1 is 1.20 bits per heavy atom. The molecule has 3 rings (SSSR count). The van der Waals surface area contributed by atoms with Crippen LogP contribution >= 0.6 is 11.8 Å². The number of benzene rings is 1. The highest BCUT2D eigenvalue weighted by molar-refractivity contribution is 8.14. The number of nitrogens with zero attached hydrogens (tertiary/aromatic N) is 2. The largest absolute Gasteiger partial charge is 0.335 e. The van der Waals surface area contributed by atoms with Gasteiger partial charge in [0.15, 0.2) is 5.17 Å². The zero-order chi connectivity index (χ0) is 13.6. The van der Waals surface area contributed by atoms with Crippen LogP contribution in [-0.2, 0) is 6.42 Å². The fourth-order valence-corrected chi connectivity index (χ4v) is 3.26. The van der Waals surface area contributed by atoms with Crippen LogP contribution in [0.5, 0.6) is 0 Å². The molecule has 0 aromatic heterocycles. The monoisotopic (exact) mass is 290 g/mol. The molecule has 2 aliphatic rings. The number of aliphatic imine (C=N–C) groups is 1. The van der Waals surface area contributed by atoms with Gasteiger partial charge in [-0.25, -0.2) is 0 Å². The summed E-state index contributed by atoms with van der Waals surface area (Å²) in [5, 5.41) is 7.81. The van der Waals surface area contributed by atoms with E-state index in [9.17, 15) is 0 Å². The van der Waals surface area contributed by atoms with Crippen LogP contribution in [0, 0.1) is 0 Å². The Hall–Kier alpha value is -1.04. The van der Waals surface area contributed by atoms with Gasteiger partial charge < -0.3 is 15.5 Å². The summed E-state index contributed by atoms with van der Waals surface area (Å²) in [6.07, 6.45) is 1.13. The Labute approximate surface area is 125 Å². The first-order valence-corrected chi connectivity index (χ1v) is 8.35. The summed E-state index contributed by atoms with van der Waals surface area (Å²) >= 11 is 1.80. The van der Waals surface area contributed by atoms with E-state index in [4.69, 9.17) is 0 Å². The molecule has 0 bridgehead atoms. The van der Waals surface area contributed by atoms with Crippen molar-refractivity contribution in [1.82, 2.24) is 10.2 Å². The average Bonchev–Trinajstić information content (AvgIpc) is 3.01. The highest BCUT2D eigenvalue weighted by atomic mass is 32.2. The lowest BCUT2D eigenvalue weighted by molar-refractivity contribution is 0.244. The van der Waals surface area contributed by atoms with Crippen LogP contribution in [0.25, 0.3) is 0 Å². The summed E-state index contributed by atoms with van der Waals surface area (Å²) in [6, 6.07) is 8.78. The third-order valence-corrected chi connectivity index (χ3v) is 4.61. The molecule has 1 fully saturated rings. The Morgan fingerprint density at radius 3 is 2.70 bits per heavy atom. The topological polar surface area (TPSA) is 39.7 Å². The van der Waals surface area contributed by atoms with Gasteiger partial charge in [0.25, 0.3) is 0 Å². The maximum Gasteiger partial charge on any atom is 0.161 e. The molecule has 108 valence electrons. The maximum atomic E-state index is 4.41. The zero-order valence-electron chi connectivity index (χ0n) is 11.8. The van der Waals surface area contributed by atoms with Crippen LogP contribution in [0.3, 0.4) is 0 Å². The van der Waals surface area contributed by atoms with Gasteiger partial charge in [-0.2, -0.15) is 0 Å².